The highest BCUT2D eigenvalue weighted by atomic mass is 16.5. The lowest BCUT2D eigenvalue weighted by Crippen LogP contribution is -2.52. The Hall–Kier alpha value is -3.06. The van der Waals surface area contributed by atoms with Crippen LogP contribution in [0.1, 0.15) is 25.0 Å². The lowest BCUT2D eigenvalue weighted by atomic mass is 10.0. The van der Waals surface area contributed by atoms with Crippen LogP contribution in [0.5, 0.6) is 0 Å². The van der Waals surface area contributed by atoms with Crippen LogP contribution in [0.3, 0.4) is 0 Å². The number of urea groups is 1. The zero-order valence-electron chi connectivity index (χ0n) is 18.5. The van der Waals surface area contributed by atoms with Crippen molar-refractivity contribution in [1.82, 2.24) is 15.5 Å². The molecule has 0 saturated heterocycles. The van der Waals surface area contributed by atoms with Crippen molar-refractivity contribution < 1.29 is 19.4 Å². The van der Waals surface area contributed by atoms with Crippen molar-refractivity contribution in [2.24, 2.45) is 5.92 Å². The van der Waals surface area contributed by atoms with Crippen LogP contribution in [0, 0.1) is 5.92 Å². The molecule has 0 spiro atoms. The van der Waals surface area contributed by atoms with Crippen molar-refractivity contribution in [3.63, 3.8) is 0 Å². The lowest BCUT2D eigenvalue weighted by Gasteiger charge is -2.30. The van der Waals surface area contributed by atoms with E-state index >= 15 is 0 Å². The van der Waals surface area contributed by atoms with Gasteiger partial charge in [0.2, 0.25) is 0 Å². The molecule has 0 radical (unpaired) electrons. The number of hydrogen-bond donors (Lipinski definition) is 3. The monoisotopic (exact) mass is 427 g/mol. The van der Waals surface area contributed by atoms with Gasteiger partial charge < -0.3 is 25.4 Å². The standard InChI is InChI=1S/C24H33N3O4/c1-18(2)15-27(23(29)25-3)16-22(28)21(14-19-10-6-4-7-11-19)26-24(30)31-17-20-12-8-5-9-13-20/h4-13,18,21-22,28H,14-17H2,1-3H3,(H,25,29)(H,26,30)/t21-,22+/m0/s1. The van der Waals surface area contributed by atoms with Gasteiger partial charge in [0.1, 0.15) is 6.61 Å². The molecule has 3 N–H and O–H groups in total. The van der Waals surface area contributed by atoms with E-state index in [0.717, 1.165) is 11.1 Å². The van der Waals surface area contributed by atoms with E-state index in [4.69, 9.17) is 4.74 Å². The first-order chi connectivity index (χ1) is 14.9. The summed E-state index contributed by atoms with van der Waals surface area (Å²) in [4.78, 5) is 26.2. The molecular weight excluding hydrogens is 394 g/mol. The summed E-state index contributed by atoms with van der Waals surface area (Å²) in [5.74, 6) is 0.237. The van der Waals surface area contributed by atoms with Gasteiger partial charge in [-0.3, -0.25) is 0 Å². The highest BCUT2D eigenvalue weighted by molar-refractivity contribution is 5.73. The molecule has 0 saturated carbocycles. The summed E-state index contributed by atoms with van der Waals surface area (Å²) in [6.07, 6.45) is -1.18. The molecule has 0 heterocycles. The molecule has 2 aromatic rings. The van der Waals surface area contributed by atoms with E-state index in [0.29, 0.717) is 13.0 Å². The van der Waals surface area contributed by atoms with E-state index in [9.17, 15) is 14.7 Å². The van der Waals surface area contributed by atoms with Crippen LogP contribution < -0.4 is 10.6 Å². The molecule has 7 heteroatoms. The van der Waals surface area contributed by atoms with Gasteiger partial charge in [0.05, 0.1) is 18.7 Å². The molecule has 0 aliphatic carbocycles. The first-order valence-electron chi connectivity index (χ1n) is 10.5. The second-order valence-electron chi connectivity index (χ2n) is 7.92. The lowest BCUT2D eigenvalue weighted by molar-refractivity contribution is 0.0763. The SMILES string of the molecule is CNC(=O)N(CC(C)C)C[C@@H](O)[C@H](Cc1ccccc1)NC(=O)OCc1ccccc1. The van der Waals surface area contributed by atoms with Gasteiger partial charge in [-0.25, -0.2) is 9.59 Å². The van der Waals surface area contributed by atoms with Crippen molar-refractivity contribution in [1.29, 1.82) is 0 Å². The van der Waals surface area contributed by atoms with Gasteiger partial charge >= 0.3 is 12.1 Å². The number of hydrogen-bond acceptors (Lipinski definition) is 4. The first kappa shape index (κ1) is 24.2. The Kier molecular flexibility index (Phi) is 9.84. The van der Waals surface area contributed by atoms with Crippen LogP contribution in [0.2, 0.25) is 0 Å². The summed E-state index contributed by atoms with van der Waals surface area (Å²) in [6.45, 7) is 4.73. The fourth-order valence-corrected chi connectivity index (χ4v) is 3.26. The molecule has 31 heavy (non-hydrogen) atoms. The second kappa shape index (κ2) is 12.6. The Bertz CT molecular complexity index is 799. The number of benzene rings is 2. The highest BCUT2D eigenvalue weighted by Crippen LogP contribution is 2.10. The van der Waals surface area contributed by atoms with Gasteiger partial charge in [0, 0.05) is 13.6 Å². The third-order valence-corrected chi connectivity index (χ3v) is 4.77. The van der Waals surface area contributed by atoms with Gasteiger partial charge in [-0.15, -0.1) is 0 Å². The minimum Gasteiger partial charge on any atom is -0.445 e. The van der Waals surface area contributed by atoms with E-state index in [-0.39, 0.29) is 25.1 Å². The number of rotatable bonds is 10. The largest absolute Gasteiger partial charge is 0.445 e. The van der Waals surface area contributed by atoms with Crippen molar-refractivity contribution >= 4 is 12.1 Å². The molecule has 0 aliphatic heterocycles. The molecule has 0 aromatic heterocycles. The van der Waals surface area contributed by atoms with Crippen molar-refractivity contribution in [2.45, 2.75) is 39.0 Å². The molecular formula is C24H33N3O4. The van der Waals surface area contributed by atoms with E-state index in [2.05, 4.69) is 10.6 Å². The van der Waals surface area contributed by atoms with Gasteiger partial charge in [-0.05, 0) is 23.5 Å². The maximum Gasteiger partial charge on any atom is 0.407 e. The Balaban J connectivity index is 2.07. The molecule has 2 rings (SSSR count). The number of aliphatic hydroxyl groups excluding tert-OH is 1. The second-order valence-corrected chi connectivity index (χ2v) is 7.92. The van der Waals surface area contributed by atoms with E-state index < -0.39 is 18.2 Å². The molecule has 2 aromatic carbocycles. The number of carbonyl (C=O) groups excluding carboxylic acids is 2. The number of nitrogens with one attached hydrogen (secondary N) is 2. The predicted molar refractivity (Wildman–Crippen MR) is 121 cm³/mol. The fourth-order valence-electron chi connectivity index (χ4n) is 3.26. The summed E-state index contributed by atoms with van der Waals surface area (Å²) < 4.78 is 5.33. The minimum absolute atomic E-state index is 0.0916. The van der Waals surface area contributed by atoms with Gasteiger partial charge in [0.15, 0.2) is 0 Å². The highest BCUT2D eigenvalue weighted by Gasteiger charge is 2.26. The summed E-state index contributed by atoms with van der Waals surface area (Å²) in [6, 6.07) is 18.1. The summed E-state index contributed by atoms with van der Waals surface area (Å²) in [5, 5.41) is 16.3. The summed E-state index contributed by atoms with van der Waals surface area (Å²) in [7, 11) is 1.56. The molecule has 0 unspecified atom stereocenters. The number of ether oxygens (including phenoxy) is 1. The Morgan fingerprint density at radius 3 is 2.10 bits per heavy atom. The summed E-state index contributed by atoms with van der Waals surface area (Å²) >= 11 is 0. The normalized spacial score (nSPS) is 12.7. The Morgan fingerprint density at radius 2 is 1.55 bits per heavy atom. The Labute approximate surface area is 184 Å². The number of alkyl carbamates (subject to hydrolysis) is 1. The maximum atomic E-state index is 12.4. The van der Waals surface area contributed by atoms with E-state index in [1.54, 1.807) is 11.9 Å². The minimum atomic E-state index is -0.972. The first-order valence-corrected chi connectivity index (χ1v) is 10.5. The van der Waals surface area contributed by atoms with Gasteiger partial charge in [0.25, 0.3) is 0 Å². The van der Waals surface area contributed by atoms with Gasteiger partial charge in [-0.1, -0.05) is 74.5 Å². The van der Waals surface area contributed by atoms with Crippen LogP contribution in [0.25, 0.3) is 0 Å². The van der Waals surface area contributed by atoms with Crippen molar-refractivity contribution in [2.75, 3.05) is 20.1 Å². The van der Waals surface area contributed by atoms with Crippen LogP contribution in [-0.2, 0) is 17.8 Å². The van der Waals surface area contributed by atoms with Crippen LogP contribution in [-0.4, -0.2) is 54.4 Å². The Morgan fingerprint density at radius 1 is 0.968 bits per heavy atom. The van der Waals surface area contributed by atoms with E-state index in [1.807, 2.05) is 74.5 Å². The zero-order valence-corrected chi connectivity index (χ0v) is 18.5. The number of carbonyl (C=O) groups is 2. The third kappa shape index (κ3) is 8.68. The number of aliphatic hydroxyl groups is 1. The number of amides is 3. The van der Waals surface area contributed by atoms with Crippen molar-refractivity contribution in [3.8, 4) is 0 Å². The zero-order chi connectivity index (χ0) is 22.6. The van der Waals surface area contributed by atoms with Crippen LogP contribution in [0.4, 0.5) is 9.59 Å². The number of nitrogens with zero attached hydrogens (tertiary/aromatic N) is 1. The average Bonchev–Trinajstić information content (AvgIpc) is 2.77. The molecule has 3 amide bonds. The molecule has 7 nitrogen and oxygen atoms in total. The quantitative estimate of drug-likeness (QED) is 0.543. The van der Waals surface area contributed by atoms with Gasteiger partial charge in [-0.2, -0.15) is 0 Å². The molecule has 0 aliphatic rings. The molecule has 0 fully saturated rings. The third-order valence-electron chi connectivity index (χ3n) is 4.77. The molecule has 0 bridgehead atoms. The average molecular weight is 428 g/mol. The molecule has 168 valence electrons. The van der Waals surface area contributed by atoms with Crippen LogP contribution in [0.15, 0.2) is 60.7 Å². The topological polar surface area (TPSA) is 90.9 Å². The maximum absolute atomic E-state index is 12.4. The predicted octanol–water partition coefficient (Wildman–Crippen LogP) is 3.18. The smallest absolute Gasteiger partial charge is 0.407 e. The molecule has 2 atom stereocenters. The summed E-state index contributed by atoms with van der Waals surface area (Å²) in [5.41, 5.74) is 1.84. The van der Waals surface area contributed by atoms with Crippen LogP contribution >= 0.6 is 0 Å². The fraction of sp³-hybridized carbons (Fsp3) is 0.417. The van der Waals surface area contributed by atoms with Crippen molar-refractivity contribution in [3.05, 3.63) is 71.8 Å². The van der Waals surface area contributed by atoms with E-state index in [1.165, 1.54) is 0 Å².